The van der Waals surface area contributed by atoms with Gasteiger partial charge in [0.1, 0.15) is 11.5 Å². The molecule has 55 heavy (non-hydrogen) atoms. The number of fused-ring (bicyclic) bond motifs is 1. The number of benzene rings is 2. The fourth-order valence-corrected chi connectivity index (χ4v) is 7.44. The van der Waals surface area contributed by atoms with Crippen molar-refractivity contribution in [1.82, 2.24) is 45.8 Å². The van der Waals surface area contributed by atoms with Crippen LogP contribution in [-0.4, -0.2) is 92.5 Å². The van der Waals surface area contributed by atoms with Crippen molar-refractivity contribution in [1.29, 1.82) is 0 Å². The van der Waals surface area contributed by atoms with E-state index in [1.807, 2.05) is 71.2 Å². The van der Waals surface area contributed by atoms with Gasteiger partial charge in [-0.05, 0) is 94.8 Å². The van der Waals surface area contributed by atoms with Gasteiger partial charge in [0, 0.05) is 50.1 Å². The van der Waals surface area contributed by atoms with E-state index in [4.69, 9.17) is 15.7 Å². The summed E-state index contributed by atoms with van der Waals surface area (Å²) in [6.07, 6.45) is 13.1. The van der Waals surface area contributed by atoms with Crippen molar-refractivity contribution in [2.24, 2.45) is 5.73 Å². The molecule has 0 bridgehead atoms. The Morgan fingerprint density at radius 3 is 2.51 bits per heavy atom. The minimum absolute atomic E-state index is 0.0289. The highest BCUT2D eigenvalue weighted by Gasteiger charge is 2.25. The highest BCUT2D eigenvalue weighted by molar-refractivity contribution is 5.90. The van der Waals surface area contributed by atoms with Crippen LogP contribution in [0.4, 0.5) is 11.8 Å². The molecule has 7 N–H and O–H groups in total. The van der Waals surface area contributed by atoms with Crippen LogP contribution in [0, 0.1) is 6.92 Å². The molecule has 2 fully saturated rings. The summed E-state index contributed by atoms with van der Waals surface area (Å²) < 4.78 is 1.90. The van der Waals surface area contributed by atoms with Crippen LogP contribution >= 0.6 is 0 Å². The molecule has 14 heteroatoms. The summed E-state index contributed by atoms with van der Waals surface area (Å²) in [6, 6.07) is 16.0. The predicted octanol–water partition coefficient (Wildman–Crippen LogP) is 4.26. The zero-order valence-corrected chi connectivity index (χ0v) is 32.4. The topological polar surface area (TPSA) is 180 Å². The van der Waals surface area contributed by atoms with Crippen LogP contribution in [0.3, 0.4) is 0 Å². The standard InChI is InChI=1S/C41H60N12O2/c1-30-11-5-6-12-31(30)27-45-40(55)36(42)17-18-38(54)52-25-19-33(20-26-52)47-39-35-15-7-8-16-37(35)48-41(49-39)46-28-34-29-53(51-50-34)24-10-22-43-21-9-23-44-32-13-3-2-4-14-32/h5-8,11-12,15-16,29,32-33,36,43-44H,2-4,9-10,13-14,17-28,42H2,1H3,(H,45,55)(H2,46,47,48,49)/t36-/m0/s1. The second-order valence-corrected chi connectivity index (χ2v) is 15.1. The van der Waals surface area contributed by atoms with Crippen LogP contribution in [0.5, 0.6) is 0 Å². The van der Waals surface area contributed by atoms with Gasteiger partial charge < -0.3 is 37.2 Å². The third-order valence-corrected chi connectivity index (χ3v) is 10.8. The molecule has 14 nitrogen and oxygen atoms in total. The van der Waals surface area contributed by atoms with Gasteiger partial charge in [-0.2, -0.15) is 4.98 Å². The van der Waals surface area contributed by atoms with Crippen LogP contribution in [-0.2, 0) is 29.2 Å². The number of rotatable bonds is 20. The van der Waals surface area contributed by atoms with Crippen molar-refractivity contribution in [3.8, 4) is 0 Å². The number of aryl methyl sites for hydroxylation is 2. The number of para-hydroxylation sites is 1. The fraction of sp³-hybridized carbons (Fsp3) is 0.561. The van der Waals surface area contributed by atoms with Crippen LogP contribution in [0.15, 0.2) is 54.7 Å². The maximum absolute atomic E-state index is 13.1. The highest BCUT2D eigenvalue weighted by Crippen LogP contribution is 2.25. The van der Waals surface area contributed by atoms with E-state index < -0.39 is 6.04 Å². The van der Waals surface area contributed by atoms with Crippen molar-refractivity contribution >= 4 is 34.5 Å². The average molecular weight is 753 g/mol. The Labute approximate surface area is 325 Å². The van der Waals surface area contributed by atoms with Gasteiger partial charge in [0.2, 0.25) is 17.8 Å². The molecule has 1 atom stereocenters. The normalized spacial score (nSPS) is 15.9. The first-order valence-corrected chi connectivity index (χ1v) is 20.4. The number of carbonyl (C=O) groups excluding carboxylic acids is 2. The lowest BCUT2D eigenvalue weighted by molar-refractivity contribution is -0.132. The first-order chi connectivity index (χ1) is 26.9. The molecule has 3 heterocycles. The number of amides is 2. The maximum Gasteiger partial charge on any atom is 0.237 e. The number of carbonyl (C=O) groups is 2. The van der Waals surface area contributed by atoms with E-state index in [2.05, 4.69) is 36.9 Å². The van der Waals surface area contributed by atoms with Gasteiger partial charge in [0.15, 0.2) is 0 Å². The van der Waals surface area contributed by atoms with Gasteiger partial charge in [-0.3, -0.25) is 14.3 Å². The van der Waals surface area contributed by atoms with Crippen molar-refractivity contribution in [3.05, 3.63) is 71.5 Å². The summed E-state index contributed by atoms with van der Waals surface area (Å²) in [5.41, 5.74) is 9.99. The molecule has 0 radical (unpaired) electrons. The SMILES string of the molecule is Cc1ccccc1CNC(=O)[C@@H](N)CCC(=O)N1CCC(Nc2nc(NCc3cn(CCCNCCCNC4CCCCC4)nn3)nc3ccccc23)CC1. The first kappa shape index (κ1) is 40.0. The predicted molar refractivity (Wildman–Crippen MR) is 217 cm³/mol. The number of piperidine rings is 1. The second-order valence-electron chi connectivity index (χ2n) is 15.1. The Bertz CT molecular complexity index is 1800. The number of nitrogens with zero attached hydrogens (tertiary/aromatic N) is 6. The lowest BCUT2D eigenvalue weighted by Crippen LogP contribution is -2.44. The Hall–Kier alpha value is -4.66. The second kappa shape index (κ2) is 20.9. The molecule has 6 rings (SSSR count). The molecular weight excluding hydrogens is 693 g/mol. The van der Waals surface area contributed by atoms with Crippen LogP contribution in [0.1, 0.15) is 87.4 Å². The number of likely N-dealkylation sites (tertiary alicyclic amines) is 1. The van der Waals surface area contributed by atoms with Gasteiger partial charge in [0.05, 0.1) is 24.3 Å². The highest BCUT2D eigenvalue weighted by atomic mass is 16.2. The summed E-state index contributed by atoms with van der Waals surface area (Å²) in [4.78, 5) is 37.1. The molecule has 2 aromatic carbocycles. The van der Waals surface area contributed by atoms with Crippen LogP contribution in [0.25, 0.3) is 10.9 Å². The summed E-state index contributed by atoms with van der Waals surface area (Å²) >= 11 is 0. The number of nitrogens with two attached hydrogens (primary N) is 1. The lowest BCUT2D eigenvalue weighted by atomic mass is 9.95. The van der Waals surface area contributed by atoms with E-state index in [0.717, 1.165) is 91.4 Å². The van der Waals surface area contributed by atoms with E-state index >= 15 is 0 Å². The lowest BCUT2D eigenvalue weighted by Gasteiger charge is -2.33. The minimum atomic E-state index is -0.728. The molecule has 296 valence electrons. The number of nitrogens with one attached hydrogen (secondary N) is 5. The molecule has 1 aliphatic carbocycles. The Balaban J connectivity index is 0.897. The van der Waals surface area contributed by atoms with Gasteiger partial charge in [0.25, 0.3) is 0 Å². The van der Waals surface area contributed by atoms with Crippen molar-refractivity contribution in [3.63, 3.8) is 0 Å². The molecule has 4 aromatic rings. The van der Waals surface area contributed by atoms with E-state index in [1.54, 1.807) is 0 Å². The molecule has 2 aromatic heterocycles. The Kier molecular flexibility index (Phi) is 15.2. The van der Waals surface area contributed by atoms with Crippen molar-refractivity contribution in [2.45, 2.75) is 115 Å². The molecule has 0 spiro atoms. The van der Waals surface area contributed by atoms with E-state index in [0.29, 0.717) is 38.5 Å². The first-order valence-electron chi connectivity index (χ1n) is 20.4. The van der Waals surface area contributed by atoms with E-state index in [1.165, 1.54) is 32.1 Å². The smallest absolute Gasteiger partial charge is 0.237 e. The average Bonchev–Trinajstić information content (AvgIpc) is 3.68. The Morgan fingerprint density at radius 1 is 0.891 bits per heavy atom. The van der Waals surface area contributed by atoms with Crippen LogP contribution < -0.4 is 32.3 Å². The zero-order chi connectivity index (χ0) is 38.2. The molecule has 1 saturated carbocycles. The fourth-order valence-electron chi connectivity index (χ4n) is 7.44. The van der Waals surface area contributed by atoms with Crippen LogP contribution in [0.2, 0.25) is 0 Å². The van der Waals surface area contributed by atoms with Crippen molar-refractivity contribution in [2.75, 3.05) is 43.4 Å². The Morgan fingerprint density at radius 2 is 1.67 bits per heavy atom. The number of hydrogen-bond donors (Lipinski definition) is 6. The number of hydrogen-bond acceptors (Lipinski definition) is 11. The summed E-state index contributed by atoms with van der Waals surface area (Å²) in [5, 5.41) is 26.8. The summed E-state index contributed by atoms with van der Waals surface area (Å²) in [5.74, 6) is 1.07. The third-order valence-electron chi connectivity index (χ3n) is 10.8. The van der Waals surface area contributed by atoms with Gasteiger partial charge in [-0.25, -0.2) is 4.98 Å². The number of aromatic nitrogens is 5. The number of anilines is 2. The minimum Gasteiger partial charge on any atom is -0.367 e. The third kappa shape index (κ3) is 12.4. The maximum atomic E-state index is 13.1. The molecular formula is C41H60N12O2. The quantitative estimate of drug-likeness (QED) is 0.0711. The molecule has 1 saturated heterocycles. The van der Waals surface area contributed by atoms with Gasteiger partial charge in [-0.15, -0.1) is 5.10 Å². The van der Waals surface area contributed by atoms with E-state index in [-0.39, 0.29) is 24.3 Å². The zero-order valence-electron chi connectivity index (χ0n) is 32.4. The van der Waals surface area contributed by atoms with Gasteiger partial charge >= 0.3 is 0 Å². The summed E-state index contributed by atoms with van der Waals surface area (Å²) in [6.45, 7) is 8.04. The molecule has 2 amide bonds. The molecule has 0 unspecified atom stereocenters. The summed E-state index contributed by atoms with van der Waals surface area (Å²) in [7, 11) is 0. The van der Waals surface area contributed by atoms with Gasteiger partial charge in [-0.1, -0.05) is 60.9 Å². The van der Waals surface area contributed by atoms with Crippen molar-refractivity contribution < 1.29 is 9.59 Å². The monoisotopic (exact) mass is 752 g/mol. The largest absolute Gasteiger partial charge is 0.367 e. The molecule has 1 aliphatic heterocycles. The molecule has 2 aliphatic rings. The van der Waals surface area contributed by atoms with E-state index in [9.17, 15) is 9.59 Å².